The molecule has 0 aliphatic heterocycles. The van der Waals surface area contributed by atoms with Crippen molar-refractivity contribution in [2.45, 2.75) is 0 Å². The molecule has 2 rings (SSSR count). The summed E-state index contributed by atoms with van der Waals surface area (Å²) >= 11 is 0. The van der Waals surface area contributed by atoms with Gasteiger partial charge >= 0.3 is 0 Å². The summed E-state index contributed by atoms with van der Waals surface area (Å²) in [4.78, 5) is 0. The first kappa shape index (κ1) is 10.5. The molecule has 1 aromatic heterocycles. The molecule has 0 spiro atoms. The Morgan fingerprint density at radius 2 is 1.93 bits per heavy atom. The summed E-state index contributed by atoms with van der Waals surface area (Å²) in [6.07, 6.45) is 1.62. The zero-order valence-electron chi connectivity index (χ0n) is 7.22. The zero-order chi connectivity index (χ0) is 9.26. The number of anilines is 1. The Morgan fingerprint density at radius 1 is 1.21 bits per heavy atom. The number of hydrogen-bond acceptors (Lipinski definition) is 2. The van der Waals surface area contributed by atoms with Crippen LogP contribution in [0.3, 0.4) is 0 Å². The Hall–Kier alpha value is -1.55. The fraction of sp³-hybridized carbons (Fsp3) is 0. The topological polar surface area (TPSA) is 43.8 Å². The van der Waals surface area contributed by atoms with Gasteiger partial charge in [-0.2, -0.15) is 5.10 Å². The van der Waals surface area contributed by atoms with Crippen molar-refractivity contribution < 1.29 is 4.39 Å². The lowest BCUT2D eigenvalue weighted by Gasteiger charge is -2.00. The minimum Gasteiger partial charge on any atom is -0.382 e. The van der Waals surface area contributed by atoms with Gasteiger partial charge in [0.05, 0.1) is 0 Å². The first-order valence-electron chi connectivity index (χ1n) is 3.83. The first-order chi connectivity index (χ1) is 6.27. The van der Waals surface area contributed by atoms with Crippen molar-refractivity contribution in [1.82, 2.24) is 9.78 Å². The van der Waals surface area contributed by atoms with Crippen molar-refractivity contribution in [3.8, 4) is 5.69 Å². The van der Waals surface area contributed by atoms with Crippen molar-refractivity contribution in [1.29, 1.82) is 0 Å². The van der Waals surface area contributed by atoms with Gasteiger partial charge in [0.25, 0.3) is 0 Å². The maximum atomic E-state index is 13.2. The van der Waals surface area contributed by atoms with Crippen molar-refractivity contribution in [3.05, 3.63) is 42.3 Å². The predicted octanol–water partition coefficient (Wildman–Crippen LogP) is 2.02. The lowest BCUT2D eigenvalue weighted by atomic mass is 10.3. The third-order valence-corrected chi connectivity index (χ3v) is 1.71. The van der Waals surface area contributed by atoms with E-state index in [4.69, 9.17) is 5.73 Å². The molecule has 0 bridgehead atoms. The Balaban J connectivity index is 0.000000980. The van der Waals surface area contributed by atoms with E-state index in [1.54, 1.807) is 30.5 Å². The monoisotopic (exact) mass is 213 g/mol. The molecule has 74 valence electrons. The summed E-state index contributed by atoms with van der Waals surface area (Å²) in [5, 5.41) is 3.90. The molecule has 5 heteroatoms. The molecule has 0 amide bonds. The molecule has 3 nitrogen and oxygen atoms in total. The molecule has 0 fully saturated rings. The number of nitrogens with two attached hydrogens (primary N) is 1. The number of aromatic nitrogens is 2. The number of nitrogen functional groups attached to an aromatic ring is 1. The van der Waals surface area contributed by atoms with Crippen LogP contribution in [0.25, 0.3) is 5.69 Å². The van der Waals surface area contributed by atoms with Gasteiger partial charge < -0.3 is 5.73 Å². The highest BCUT2D eigenvalue weighted by molar-refractivity contribution is 5.85. The molecule has 1 heterocycles. The third-order valence-electron chi connectivity index (χ3n) is 1.71. The van der Waals surface area contributed by atoms with Crippen LogP contribution >= 0.6 is 12.4 Å². The average molecular weight is 214 g/mol. The van der Waals surface area contributed by atoms with Gasteiger partial charge in [0.2, 0.25) is 0 Å². The Bertz CT molecular complexity index is 428. The summed E-state index contributed by atoms with van der Waals surface area (Å²) < 4.78 is 14.6. The fourth-order valence-electron chi connectivity index (χ4n) is 1.11. The first-order valence-corrected chi connectivity index (χ1v) is 3.83. The summed E-state index contributed by atoms with van der Waals surface area (Å²) in [6.45, 7) is 0. The van der Waals surface area contributed by atoms with Gasteiger partial charge in [-0.1, -0.05) is 12.1 Å². The second kappa shape index (κ2) is 4.11. The van der Waals surface area contributed by atoms with Gasteiger partial charge in [0.15, 0.2) is 0 Å². The van der Waals surface area contributed by atoms with Crippen LogP contribution in [-0.4, -0.2) is 9.78 Å². The molecule has 0 aliphatic rings. The normalized spacial score (nSPS) is 9.50. The minimum absolute atomic E-state index is 0. The van der Waals surface area contributed by atoms with Crippen molar-refractivity contribution in [2.75, 3.05) is 5.73 Å². The van der Waals surface area contributed by atoms with E-state index in [9.17, 15) is 4.39 Å². The van der Waals surface area contributed by atoms with Crippen LogP contribution in [0.2, 0.25) is 0 Å². The number of hydrogen-bond donors (Lipinski definition) is 1. The van der Waals surface area contributed by atoms with E-state index in [0.717, 1.165) is 0 Å². The van der Waals surface area contributed by atoms with Crippen molar-refractivity contribution in [2.24, 2.45) is 0 Å². The van der Waals surface area contributed by atoms with E-state index in [2.05, 4.69) is 5.10 Å². The molecule has 0 unspecified atom stereocenters. The van der Waals surface area contributed by atoms with Gasteiger partial charge in [-0.3, -0.25) is 0 Å². The number of halogens is 2. The number of para-hydroxylation sites is 1. The Kier molecular flexibility index (Phi) is 3.09. The maximum absolute atomic E-state index is 13.2. The van der Waals surface area contributed by atoms with Gasteiger partial charge in [0.1, 0.15) is 17.3 Å². The highest BCUT2D eigenvalue weighted by Gasteiger charge is 2.03. The van der Waals surface area contributed by atoms with Gasteiger partial charge in [0, 0.05) is 12.3 Å². The molecule has 1 aromatic carbocycles. The van der Waals surface area contributed by atoms with Crippen LogP contribution in [0.5, 0.6) is 0 Å². The molecule has 0 saturated carbocycles. The second-order valence-corrected chi connectivity index (χ2v) is 2.64. The molecule has 0 aliphatic carbocycles. The quantitative estimate of drug-likeness (QED) is 0.788. The molecule has 0 saturated heterocycles. The van der Waals surface area contributed by atoms with E-state index in [1.165, 1.54) is 10.7 Å². The highest BCUT2D eigenvalue weighted by Crippen LogP contribution is 2.12. The molecule has 14 heavy (non-hydrogen) atoms. The average Bonchev–Trinajstić information content (AvgIpc) is 2.53. The molecule has 0 atom stereocenters. The van der Waals surface area contributed by atoms with Crippen LogP contribution in [0.4, 0.5) is 10.2 Å². The molecular formula is C9H9ClFN3. The fourth-order valence-corrected chi connectivity index (χ4v) is 1.11. The summed E-state index contributed by atoms with van der Waals surface area (Å²) in [6, 6.07) is 8.02. The van der Waals surface area contributed by atoms with E-state index >= 15 is 0 Å². The van der Waals surface area contributed by atoms with E-state index in [1.807, 2.05) is 0 Å². The standard InChI is InChI=1S/C9H8FN3.ClH/c10-7-3-1-2-4-8(7)13-6-5-9(11)12-13;/h1-6H,(H2,11,12);1H. The summed E-state index contributed by atoms with van der Waals surface area (Å²) in [5.41, 5.74) is 5.81. The van der Waals surface area contributed by atoms with Gasteiger partial charge in [-0.05, 0) is 12.1 Å². The summed E-state index contributed by atoms with van der Waals surface area (Å²) in [5.74, 6) is 0.0638. The molecule has 2 N–H and O–H groups in total. The molecule has 0 radical (unpaired) electrons. The van der Waals surface area contributed by atoms with Crippen LogP contribution in [0.15, 0.2) is 36.5 Å². The van der Waals surface area contributed by atoms with Crippen molar-refractivity contribution >= 4 is 18.2 Å². The van der Waals surface area contributed by atoms with Gasteiger partial charge in [-0.15, -0.1) is 12.4 Å². The third kappa shape index (κ3) is 1.85. The summed E-state index contributed by atoms with van der Waals surface area (Å²) in [7, 11) is 0. The second-order valence-electron chi connectivity index (χ2n) is 2.64. The Morgan fingerprint density at radius 3 is 2.50 bits per heavy atom. The lowest BCUT2D eigenvalue weighted by Crippen LogP contribution is -1.98. The predicted molar refractivity (Wildman–Crippen MR) is 55.2 cm³/mol. The van der Waals surface area contributed by atoms with Crippen LogP contribution in [0, 0.1) is 5.82 Å². The highest BCUT2D eigenvalue weighted by atomic mass is 35.5. The minimum atomic E-state index is -0.314. The Labute approximate surface area is 86.8 Å². The molecule has 2 aromatic rings. The lowest BCUT2D eigenvalue weighted by molar-refractivity contribution is 0.611. The zero-order valence-corrected chi connectivity index (χ0v) is 8.04. The molecular weight excluding hydrogens is 205 g/mol. The van der Waals surface area contributed by atoms with Gasteiger partial charge in [-0.25, -0.2) is 9.07 Å². The van der Waals surface area contributed by atoms with Crippen LogP contribution in [0.1, 0.15) is 0 Å². The van der Waals surface area contributed by atoms with E-state index in [-0.39, 0.29) is 18.2 Å². The SMILES string of the molecule is Cl.Nc1ccn(-c2ccccc2F)n1. The van der Waals surface area contributed by atoms with Crippen molar-refractivity contribution in [3.63, 3.8) is 0 Å². The van der Waals surface area contributed by atoms with Crippen LogP contribution in [-0.2, 0) is 0 Å². The number of benzene rings is 1. The largest absolute Gasteiger partial charge is 0.382 e. The smallest absolute Gasteiger partial charge is 0.148 e. The number of nitrogens with zero attached hydrogens (tertiary/aromatic N) is 2. The van der Waals surface area contributed by atoms with Crippen LogP contribution < -0.4 is 5.73 Å². The number of rotatable bonds is 1. The maximum Gasteiger partial charge on any atom is 0.148 e. The van der Waals surface area contributed by atoms with E-state index < -0.39 is 0 Å². The van der Waals surface area contributed by atoms with E-state index in [0.29, 0.717) is 11.5 Å².